The van der Waals surface area contributed by atoms with Crippen molar-refractivity contribution < 1.29 is 14.7 Å². The van der Waals surface area contributed by atoms with Gasteiger partial charge in [0.25, 0.3) is 0 Å². The summed E-state index contributed by atoms with van der Waals surface area (Å²) in [6, 6.07) is 5.08. The molecule has 0 aliphatic heterocycles. The molecule has 0 aromatic carbocycles. The van der Waals surface area contributed by atoms with Crippen molar-refractivity contribution in [3.8, 4) is 0 Å². The monoisotopic (exact) mass is 277 g/mol. The van der Waals surface area contributed by atoms with Gasteiger partial charge in [0.2, 0.25) is 0 Å². The molecule has 1 aliphatic rings. The standard InChI is InChI=1S/C14H19N3O3/c1-14(12(18)19,10-6-7-10)16-13(20)17(2)9-11-5-3-4-8-15-11/h3-5,8,10H,6-7,9H2,1-2H3,(H,16,20)(H,18,19). The lowest BCUT2D eigenvalue weighted by atomic mass is 9.96. The second-order valence-electron chi connectivity index (χ2n) is 5.39. The van der Waals surface area contributed by atoms with E-state index in [1.807, 2.05) is 12.1 Å². The van der Waals surface area contributed by atoms with Gasteiger partial charge in [-0.15, -0.1) is 0 Å². The molecule has 6 nitrogen and oxygen atoms in total. The van der Waals surface area contributed by atoms with Crippen molar-refractivity contribution in [2.24, 2.45) is 5.92 Å². The number of aromatic nitrogens is 1. The molecule has 1 heterocycles. The molecule has 1 aromatic rings. The lowest BCUT2D eigenvalue weighted by Gasteiger charge is -2.29. The number of carboxylic acids is 1. The zero-order valence-corrected chi connectivity index (χ0v) is 11.7. The summed E-state index contributed by atoms with van der Waals surface area (Å²) in [7, 11) is 1.62. The van der Waals surface area contributed by atoms with Crippen LogP contribution in [0.4, 0.5) is 4.79 Å². The Balaban J connectivity index is 1.98. The van der Waals surface area contributed by atoms with Crippen LogP contribution < -0.4 is 5.32 Å². The van der Waals surface area contributed by atoms with Gasteiger partial charge in [0.15, 0.2) is 0 Å². The molecule has 1 unspecified atom stereocenters. The van der Waals surface area contributed by atoms with E-state index in [1.165, 1.54) is 4.90 Å². The van der Waals surface area contributed by atoms with Gasteiger partial charge >= 0.3 is 12.0 Å². The van der Waals surface area contributed by atoms with Crippen LogP contribution in [0.1, 0.15) is 25.5 Å². The first-order valence-corrected chi connectivity index (χ1v) is 6.60. The smallest absolute Gasteiger partial charge is 0.329 e. The number of aliphatic carboxylic acids is 1. The van der Waals surface area contributed by atoms with Crippen LogP contribution in [0.5, 0.6) is 0 Å². The van der Waals surface area contributed by atoms with Crippen LogP contribution in [0.3, 0.4) is 0 Å². The number of carboxylic acid groups (broad SMARTS) is 1. The van der Waals surface area contributed by atoms with Crippen LogP contribution in [0.2, 0.25) is 0 Å². The largest absolute Gasteiger partial charge is 0.480 e. The van der Waals surface area contributed by atoms with Gasteiger partial charge in [-0.3, -0.25) is 4.98 Å². The van der Waals surface area contributed by atoms with Gasteiger partial charge in [0.1, 0.15) is 5.54 Å². The van der Waals surface area contributed by atoms with Crippen molar-refractivity contribution in [2.45, 2.75) is 31.8 Å². The van der Waals surface area contributed by atoms with Crippen LogP contribution in [0.15, 0.2) is 24.4 Å². The topological polar surface area (TPSA) is 82.5 Å². The Morgan fingerprint density at radius 3 is 2.70 bits per heavy atom. The summed E-state index contributed by atoms with van der Waals surface area (Å²) >= 11 is 0. The number of rotatable bonds is 5. The molecule has 0 radical (unpaired) electrons. The predicted octanol–water partition coefficient (Wildman–Crippen LogP) is 1.48. The molecule has 20 heavy (non-hydrogen) atoms. The zero-order valence-electron chi connectivity index (χ0n) is 11.7. The molecule has 1 atom stereocenters. The molecule has 2 amide bonds. The molecule has 1 fully saturated rings. The molecular formula is C14H19N3O3. The van der Waals surface area contributed by atoms with Crippen molar-refractivity contribution >= 4 is 12.0 Å². The highest BCUT2D eigenvalue weighted by Gasteiger charge is 2.48. The minimum absolute atomic E-state index is 0.0206. The maximum atomic E-state index is 12.1. The first-order chi connectivity index (χ1) is 9.43. The van der Waals surface area contributed by atoms with Crippen molar-refractivity contribution in [3.05, 3.63) is 30.1 Å². The summed E-state index contributed by atoms with van der Waals surface area (Å²) in [5.41, 5.74) is -0.427. The summed E-state index contributed by atoms with van der Waals surface area (Å²) in [6.07, 6.45) is 3.34. The Morgan fingerprint density at radius 2 is 2.20 bits per heavy atom. The molecule has 6 heteroatoms. The van der Waals surface area contributed by atoms with Crippen LogP contribution in [0.25, 0.3) is 0 Å². The minimum atomic E-state index is -1.19. The van der Waals surface area contributed by atoms with Crippen LogP contribution in [-0.2, 0) is 11.3 Å². The Labute approximate surface area is 117 Å². The van der Waals surface area contributed by atoms with Crippen LogP contribution in [0, 0.1) is 5.92 Å². The quantitative estimate of drug-likeness (QED) is 0.854. The molecule has 0 saturated heterocycles. The number of carbonyl (C=O) groups excluding carboxylic acids is 1. The molecular weight excluding hydrogens is 258 g/mol. The summed E-state index contributed by atoms with van der Waals surface area (Å²) in [4.78, 5) is 29.1. The molecule has 0 spiro atoms. The Kier molecular flexibility index (Phi) is 3.92. The highest BCUT2D eigenvalue weighted by molar-refractivity contribution is 5.86. The number of hydrogen-bond donors (Lipinski definition) is 2. The highest BCUT2D eigenvalue weighted by Crippen LogP contribution is 2.39. The van der Waals surface area contributed by atoms with Crippen LogP contribution >= 0.6 is 0 Å². The van der Waals surface area contributed by atoms with Crippen molar-refractivity contribution in [2.75, 3.05) is 7.05 Å². The number of urea groups is 1. The first kappa shape index (κ1) is 14.3. The van der Waals surface area contributed by atoms with Gasteiger partial charge in [-0.2, -0.15) is 0 Å². The summed E-state index contributed by atoms with van der Waals surface area (Å²) in [5, 5.41) is 12.0. The summed E-state index contributed by atoms with van der Waals surface area (Å²) in [5.74, 6) is -0.966. The average Bonchev–Trinajstić information content (AvgIpc) is 3.24. The minimum Gasteiger partial charge on any atom is -0.480 e. The van der Waals surface area contributed by atoms with Gasteiger partial charge < -0.3 is 15.3 Å². The van der Waals surface area contributed by atoms with E-state index in [4.69, 9.17) is 0 Å². The predicted molar refractivity (Wildman–Crippen MR) is 73.0 cm³/mol. The summed E-state index contributed by atoms with van der Waals surface area (Å²) < 4.78 is 0. The Hall–Kier alpha value is -2.11. The number of pyridine rings is 1. The fourth-order valence-electron chi connectivity index (χ4n) is 2.11. The van der Waals surface area contributed by atoms with Crippen molar-refractivity contribution in [1.29, 1.82) is 0 Å². The van der Waals surface area contributed by atoms with Gasteiger partial charge in [-0.1, -0.05) is 6.07 Å². The number of carbonyl (C=O) groups is 2. The second kappa shape index (κ2) is 5.48. The van der Waals surface area contributed by atoms with Gasteiger partial charge in [0.05, 0.1) is 12.2 Å². The zero-order chi connectivity index (χ0) is 14.8. The lowest BCUT2D eigenvalue weighted by Crippen LogP contribution is -2.56. The molecule has 108 valence electrons. The van der Waals surface area contributed by atoms with E-state index < -0.39 is 17.5 Å². The van der Waals surface area contributed by atoms with E-state index in [9.17, 15) is 14.7 Å². The third kappa shape index (κ3) is 3.07. The molecule has 1 aromatic heterocycles. The number of amides is 2. The molecule has 2 rings (SSSR count). The second-order valence-corrected chi connectivity index (χ2v) is 5.39. The highest BCUT2D eigenvalue weighted by atomic mass is 16.4. The lowest BCUT2D eigenvalue weighted by molar-refractivity contribution is -0.144. The number of nitrogens with one attached hydrogen (secondary N) is 1. The molecule has 1 saturated carbocycles. The van der Waals surface area contributed by atoms with E-state index >= 15 is 0 Å². The third-order valence-corrected chi connectivity index (χ3v) is 3.68. The van der Waals surface area contributed by atoms with E-state index in [2.05, 4.69) is 10.3 Å². The third-order valence-electron chi connectivity index (χ3n) is 3.68. The Bertz CT molecular complexity index is 502. The number of hydrogen-bond acceptors (Lipinski definition) is 3. The maximum absolute atomic E-state index is 12.1. The summed E-state index contributed by atoms with van der Waals surface area (Å²) in [6.45, 7) is 1.91. The van der Waals surface area contributed by atoms with E-state index in [1.54, 1.807) is 26.2 Å². The first-order valence-electron chi connectivity index (χ1n) is 6.60. The molecule has 2 N–H and O–H groups in total. The van der Waals surface area contributed by atoms with E-state index in [0.29, 0.717) is 6.54 Å². The molecule has 1 aliphatic carbocycles. The Morgan fingerprint density at radius 1 is 1.50 bits per heavy atom. The SMILES string of the molecule is CN(Cc1ccccn1)C(=O)NC(C)(C(=O)O)C1CC1. The number of nitrogens with zero attached hydrogens (tertiary/aromatic N) is 2. The van der Waals surface area contributed by atoms with Gasteiger partial charge in [-0.05, 0) is 37.8 Å². The fraction of sp³-hybridized carbons (Fsp3) is 0.500. The normalized spacial score (nSPS) is 17.1. The molecule has 0 bridgehead atoms. The van der Waals surface area contributed by atoms with Crippen molar-refractivity contribution in [1.82, 2.24) is 15.2 Å². The fourth-order valence-corrected chi connectivity index (χ4v) is 2.11. The van der Waals surface area contributed by atoms with Gasteiger partial charge in [-0.25, -0.2) is 9.59 Å². The van der Waals surface area contributed by atoms with E-state index in [-0.39, 0.29) is 5.92 Å². The van der Waals surface area contributed by atoms with E-state index in [0.717, 1.165) is 18.5 Å². The van der Waals surface area contributed by atoms with Crippen LogP contribution in [-0.4, -0.2) is 39.6 Å². The maximum Gasteiger partial charge on any atom is 0.329 e. The van der Waals surface area contributed by atoms with Crippen molar-refractivity contribution in [3.63, 3.8) is 0 Å². The average molecular weight is 277 g/mol. The van der Waals surface area contributed by atoms with Gasteiger partial charge in [0, 0.05) is 13.2 Å².